The number of nitrogens with zero attached hydrogens (tertiary/aromatic N) is 2. The Morgan fingerprint density at radius 2 is 2.12 bits per heavy atom. The summed E-state index contributed by atoms with van der Waals surface area (Å²) in [6.07, 6.45) is 1.46. The van der Waals surface area contributed by atoms with Gasteiger partial charge in [-0.3, -0.25) is 0 Å². The summed E-state index contributed by atoms with van der Waals surface area (Å²) in [4.78, 5) is 4.00. The van der Waals surface area contributed by atoms with Gasteiger partial charge in [-0.1, -0.05) is 15.9 Å². The van der Waals surface area contributed by atoms with E-state index in [2.05, 4.69) is 20.9 Å². The van der Waals surface area contributed by atoms with Crippen LogP contribution in [0.15, 0.2) is 41.0 Å². The molecule has 17 heavy (non-hydrogen) atoms. The molecule has 0 unspecified atom stereocenters. The molecular formula is C12H8BrN3O. The van der Waals surface area contributed by atoms with Gasteiger partial charge >= 0.3 is 0 Å². The molecule has 0 aliphatic heterocycles. The van der Waals surface area contributed by atoms with Crippen molar-refractivity contribution < 1.29 is 4.74 Å². The van der Waals surface area contributed by atoms with Crippen molar-refractivity contribution in [2.45, 2.75) is 0 Å². The highest BCUT2D eigenvalue weighted by atomic mass is 79.9. The minimum atomic E-state index is 0.418. The van der Waals surface area contributed by atoms with Crippen LogP contribution in [0.2, 0.25) is 0 Å². The van der Waals surface area contributed by atoms with E-state index < -0.39 is 0 Å². The van der Waals surface area contributed by atoms with Gasteiger partial charge in [0, 0.05) is 28.5 Å². The van der Waals surface area contributed by atoms with E-state index in [1.54, 1.807) is 30.3 Å². The van der Waals surface area contributed by atoms with Gasteiger partial charge in [-0.05, 0) is 18.2 Å². The van der Waals surface area contributed by atoms with Crippen LogP contribution in [0, 0.1) is 11.3 Å². The lowest BCUT2D eigenvalue weighted by Crippen LogP contribution is -1.90. The maximum absolute atomic E-state index is 8.64. The van der Waals surface area contributed by atoms with E-state index >= 15 is 0 Å². The van der Waals surface area contributed by atoms with Crippen molar-refractivity contribution in [3.05, 3.63) is 46.6 Å². The lowest BCUT2D eigenvalue weighted by atomic mass is 10.3. The molecule has 0 radical (unpaired) electrons. The molecule has 2 rings (SSSR count). The number of nitriles is 1. The number of rotatable bonds is 2. The number of benzene rings is 1. The summed E-state index contributed by atoms with van der Waals surface area (Å²) in [5.74, 6) is 1.01. The Labute approximate surface area is 107 Å². The topological polar surface area (TPSA) is 71.9 Å². The fraction of sp³-hybridized carbons (Fsp3) is 0. The van der Waals surface area contributed by atoms with Crippen LogP contribution in [0.5, 0.6) is 11.6 Å². The Morgan fingerprint density at radius 1 is 1.29 bits per heavy atom. The predicted molar refractivity (Wildman–Crippen MR) is 67.6 cm³/mol. The zero-order chi connectivity index (χ0) is 12.3. The minimum Gasteiger partial charge on any atom is -0.439 e. The summed E-state index contributed by atoms with van der Waals surface area (Å²) >= 11 is 3.33. The number of halogens is 1. The Bertz CT molecular complexity index is 555. The second kappa shape index (κ2) is 4.85. The molecule has 0 saturated carbocycles. The number of hydrogen-bond acceptors (Lipinski definition) is 4. The molecule has 0 bridgehead atoms. The number of nitrogens with two attached hydrogens (primary N) is 1. The Kier molecular flexibility index (Phi) is 3.26. The highest BCUT2D eigenvalue weighted by Crippen LogP contribution is 2.26. The lowest BCUT2D eigenvalue weighted by Gasteiger charge is -2.05. The number of aromatic nitrogens is 1. The monoisotopic (exact) mass is 289 g/mol. The molecule has 5 heteroatoms. The van der Waals surface area contributed by atoms with Gasteiger partial charge in [-0.15, -0.1) is 0 Å². The van der Waals surface area contributed by atoms with E-state index in [0.29, 0.717) is 22.9 Å². The third-order valence-electron chi connectivity index (χ3n) is 1.98. The Balaban J connectivity index is 2.22. The van der Waals surface area contributed by atoms with Gasteiger partial charge in [0.15, 0.2) is 0 Å². The number of ether oxygens (including phenoxy) is 1. The van der Waals surface area contributed by atoms with Crippen LogP contribution in [0.25, 0.3) is 0 Å². The van der Waals surface area contributed by atoms with E-state index in [-0.39, 0.29) is 0 Å². The van der Waals surface area contributed by atoms with Gasteiger partial charge in [0.1, 0.15) is 11.8 Å². The lowest BCUT2D eigenvalue weighted by molar-refractivity contribution is 0.463. The molecule has 0 fully saturated rings. The quantitative estimate of drug-likeness (QED) is 0.863. The molecule has 0 amide bonds. The molecule has 84 valence electrons. The highest BCUT2D eigenvalue weighted by molar-refractivity contribution is 9.10. The Hall–Kier alpha value is -2.06. The average Bonchev–Trinajstić information content (AvgIpc) is 2.28. The molecule has 1 aromatic heterocycles. The third-order valence-corrected chi connectivity index (χ3v) is 2.44. The van der Waals surface area contributed by atoms with Crippen LogP contribution >= 0.6 is 15.9 Å². The van der Waals surface area contributed by atoms with E-state index in [1.165, 1.54) is 6.20 Å². The van der Waals surface area contributed by atoms with Crippen molar-refractivity contribution in [3.8, 4) is 17.7 Å². The van der Waals surface area contributed by atoms with E-state index in [0.717, 1.165) is 4.47 Å². The van der Waals surface area contributed by atoms with Crippen LogP contribution < -0.4 is 10.5 Å². The largest absolute Gasteiger partial charge is 0.439 e. The first-order valence-electron chi connectivity index (χ1n) is 4.77. The summed E-state index contributed by atoms with van der Waals surface area (Å²) < 4.78 is 6.34. The van der Waals surface area contributed by atoms with Crippen molar-refractivity contribution in [1.82, 2.24) is 4.98 Å². The number of pyridine rings is 1. The fourth-order valence-corrected chi connectivity index (χ4v) is 1.76. The molecule has 0 aliphatic carbocycles. The smallest absolute Gasteiger partial charge is 0.219 e. The molecule has 0 aliphatic rings. The summed E-state index contributed by atoms with van der Waals surface area (Å²) in [7, 11) is 0. The van der Waals surface area contributed by atoms with Crippen LogP contribution in [-0.4, -0.2) is 4.98 Å². The summed E-state index contributed by atoms with van der Waals surface area (Å²) in [6.45, 7) is 0. The normalized spacial score (nSPS) is 9.65. The van der Waals surface area contributed by atoms with E-state index in [4.69, 9.17) is 15.7 Å². The molecule has 1 aromatic carbocycles. The van der Waals surface area contributed by atoms with Crippen molar-refractivity contribution in [2.24, 2.45) is 0 Å². The molecule has 0 spiro atoms. The standard InChI is InChI=1S/C12H8BrN3O/c13-9-3-10(15)5-11(4-9)17-12-2-1-8(6-14)7-16-12/h1-5,7H,15H2. The molecule has 2 aromatic rings. The van der Waals surface area contributed by atoms with Gasteiger partial charge in [0.2, 0.25) is 5.88 Å². The first kappa shape index (κ1) is 11.4. The molecule has 4 nitrogen and oxygen atoms in total. The molecular weight excluding hydrogens is 282 g/mol. The van der Waals surface area contributed by atoms with Crippen molar-refractivity contribution in [2.75, 3.05) is 5.73 Å². The third kappa shape index (κ3) is 2.95. The van der Waals surface area contributed by atoms with E-state index in [1.807, 2.05) is 6.07 Å². The van der Waals surface area contributed by atoms with Gasteiger partial charge < -0.3 is 10.5 Å². The van der Waals surface area contributed by atoms with Crippen LogP contribution in [0.1, 0.15) is 5.56 Å². The molecule has 0 atom stereocenters. The summed E-state index contributed by atoms with van der Waals surface area (Å²) in [5.41, 5.74) is 6.78. The van der Waals surface area contributed by atoms with Gasteiger partial charge in [-0.25, -0.2) is 4.98 Å². The zero-order valence-corrected chi connectivity index (χ0v) is 10.3. The minimum absolute atomic E-state index is 0.418. The second-order valence-electron chi connectivity index (χ2n) is 3.32. The molecule has 1 heterocycles. The second-order valence-corrected chi connectivity index (χ2v) is 4.23. The van der Waals surface area contributed by atoms with Crippen molar-refractivity contribution in [3.63, 3.8) is 0 Å². The highest BCUT2D eigenvalue weighted by Gasteiger charge is 2.01. The predicted octanol–water partition coefficient (Wildman–Crippen LogP) is 3.09. The van der Waals surface area contributed by atoms with E-state index in [9.17, 15) is 0 Å². The zero-order valence-electron chi connectivity index (χ0n) is 8.72. The SMILES string of the molecule is N#Cc1ccc(Oc2cc(N)cc(Br)c2)nc1. The number of nitrogen functional groups attached to an aromatic ring is 1. The van der Waals surface area contributed by atoms with Crippen LogP contribution in [0.3, 0.4) is 0 Å². The maximum atomic E-state index is 8.64. The first-order valence-corrected chi connectivity index (χ1v) is 5.57. The Morgan fingerprint density at radius 3 is 2.71 bits per heavy atom. The summed E-state index contributed by atoms with van der Waals surface area (Å²) in [5, 5.41) is 8.64. The van der Waals surface area contributed by atoms with Gasteiger partial charge in [0.25, 0.3) is 0 Å². The molecule has 0 saturated heterocycles. The summed E-state index contributed by atoms with van der Waals surface area (Å²) in [6, 6.07) is 10.5. The average molecular weight is 290 g/mol. The number of anilines is 1. The van der Waals surface area contributed by atoms with Crippen LogP contribution in [-0.2, 0) is 0 Å². The van der Waals surface area contributed by atoms with Crippen LogP contribution in [0.4, 0.5) is 5.69 Å². The fourth-order valence-electron chi connectivity index (χ4n) is 1.27. The van der Waals surface area contributed by atoms with Crippen molar-refractivity contribution >= 4 is 21.6 Å². The molecule has 2 N–H and O–H groups in total. The maximum Gasteiger partial charge on any atom is 0.219 e. The van der Waals surface area contributed by atoms with Gasteiger partial charge in [0.05, 0.1) is 5.56 Å². The first-order chi connectivity index (χ1) is 8.17. The number of hydrogen-bond donors (Lipinski definition) is 1. The van der Waals surface area contributed by atoms with Crippen molar-refractivity contribution in [1.29, 1.82) is 5.26 Å². The van der Waals surface area contributed by atoms with Gasteiger partial charge in [-0.2, -0.15) is 5.26 Å².